The van der Waals surface area contributed by atoms with Gasteiger partial charge in [-0.25, -0.2) is 8.42 Å². The molecule has 0 atom stereocenters. The van der Waals surface area contributed by atoms with Crippen LogP contribution in [0.25, 0.3) is 0 Å². The van der Waals surface area contributed by atoms with Gasteiger partial charge in [0.05, 0.1) is 5.75 Å². The van der Waals surface area contributed by atoms with Crippen molar-refractivity contribution in [1.29, 1.82) is 0 Å². The van der Waals surface area contributed by atoms with Gasteiger partial charge in [0, 0.05) is 18.7 Å². The Hall–Kier alpha value is -0.620. The van der Waals surface area contributed by atoms with Crippen LogP contribution in [0.4, 0.5) is 0 Å². The summed E-state index contributed by atoms with van der Waals surface area (Å²) in [5.74, 6) is 0.300. The van der Waals surface area contributed by atoms with Crippen LogP contribution >= 0.6 is 0 Å². The highest BCUT2D eigenvalue weighted by atomic mass is 32.2. The van der Waals surface area contributed by atoms with Crippen molar-refractivity contribution in [3.63, 3.8) is 0 Å². The van der Waals surface area contributed by atoms with E-state index >= 15 is 0 Å². The molecule has 94 valence electrons. The minimum Gasteiger partial charge on any atom is -0.356 e. The van der Waals surface area contributed by atoms with E-state index in [1.165, 1.54) is 6.26 Å². The predicted octanol–water partition coefficient (Wildman–Crippen LogP) is -0.463. The van der Waals surface area contributed by atoms with Crippen molar-refractivity contribution < 1.29 is 13.2 Å². The maximum absolute atomic E-state index is 11.6. The molecule has 16 heavy (non-hydrogen) atoms. The van der Waals surface area contributed by atoms with Gasteiger partial charge in [-0.15, -0.1) is 0 Å². The van der Waals surface area contributed by atoms with Gasteiger partial charge < -0.3 is 10.6 Å². The first-order valence-corrected chi connectivity index (χ1v) is 7.71. The van der Waals surface area contributed by atoms with E-state index in [-0.39, 0.29) is 17.6 Å². The van der Waals surface area contributed by atoms with Crippen LogP contribution in [0.15, 0.2) is 0 Å². The molecule has 1 fully saturated rings. The first-order valence-electron chi connectivity index (χ1n) is 5.65. The van der Waals surface area contributed by atoms with Crippen molar-refractivity contribution in [3.05, 3.63) is 0 Å². The highest BCUT2D eigenvalue weighted by molar-refractivity contribution is 7.90. The second-order valence-electron chi connectivity index (χ2n) is 4.30. The molecule has 0 aliphatic carbocycles. The van der Waals surface area contributed by atoms with Crippen molar-refractivity contribution in [2.24, 2.45) is 5.92 Å². The number of carbonyl (C=O) groups is 1. The van der Waals surface area contributed by atoms with Gasteiger partial charge >= 0.3 is 0 Å². The number of amides is 1. The van der Waals surface area contributed by atoms with E-state index in [4.69, 9.17) is 0 Å². The SMILES string of the molecule is CS(=O)(=O)CCCNC(=O)C1CCNCC1. The molecule has 1 saturated heterocycles. The summed E-state index contributed by atoms with van der Waals surface area (Å²) in [5.41, 5.74) is 0. The molecule has 0 unspecified atom stereocenters. The molecule has 0 aromatic rings. The van der Waals surface area contributed by atoms with Crippen LogP contribution in [0.2, 0.25) is 0 Å². The van der Waals surface area contributed by atoms with E-state index < -0.39 is 9.84 Å². The van der Waals surface area contributed by atoms with E-state index in [1.54, 1.807) is 0 Å². The minimum absolute atomic E-state index is 0.0648. The first kappa shape index (κ1) is 13.4. The lowest BCUT2D eigenvalue weighted by atomic mass is 9.97. The summed E-state index contributed by atoms with van der Waals surface area (Å²) in [7, 11) is -2.91. The molecule has 1 aliphatic rings. The Morgan fingerprint density at radius 3 is 2.56 bits per heavy atom. The number of sulfone groups is 1. The van der Waals surface area contributed by atoms with Gasteiger partial charge in [0.25, 0.3) is 0 Å². The molecule has 1 amide bonds. The molecule has 2 N–H and O–H groups in total. The molecule has 5 nitrogen and oxygen atoms in total. The van der Waals surface area contributed by atoms with Crippen molar-refractivity contribution >= 4 is 15.7 Å². The molecule has 0 aromatic carbocycles. The van der Waals surface area contributed by atoms with Gasteiger partial charge in [-0.05, 0) is 32.4 Å². The summed E-state index contributed by atoms with van der Waals surface area (Å²) in [5, 5.41) is 5.99. The predicted molar refractivity (Wildman–Crippen MR) is 62.9 cm³/mol. The van der Waals surface area contributed by atoms with Crippen LogP contribution < -0.4 is 10.6 Å². The fraction of sp³-hybridized carbons (Fsp3) is 0.900. The van der Waals surface area contributed by atoms with Crippen molar-refractivity contribution in [3.8, 4) is 0 Å². The van der Waals surface area contributed by atoms with E-state index in [1.807, 2.05) is 0 Å². The van der Waals surface area contributed by atoms with E-state index in [2.05, 4.69) is 10.6 Å². The molecule has 0 aromatic heterocycles. The summed E-state index contributed by atoms with van der Waals surface area (Å²) >= 11 is 0. The number of hydrogen-bond donors (Lipinski definition) is 2. The Morgan fingerprint density at radius 2 is 2.00 bits per heavy atom. The molecule has 0 radical (unpaired) electrons. The van der Waals surface area contributed by atoms with Gasteiger partial charge in [-0.3, -0.25) is 4.79 Å². The standard InChI is InChI=1S/C10H20N2O3S/c1-16(14,15)8-2-5-12-10(13)9-3-6-11-7-4-9/h9,11H,2-8H2,1H3,(H,12,13). The summed E-state index contributed by atoms with van der Waals surface area (Å²) in [6.07, 6.45) is 3.45. The third kappa shape index (κ3) is 5.46. The van der Waals surface area contributed by atoms with Crippen LogP contribution in [0.3, 0.4) is 0 Å². The fourth-order valence-electron chi connectivity index (χ4n) is 1.77. The molecule has 6 heteroatoms. The highest BCUT2D eigenvalue weighted by Gasteiger charge is 2.20. The smallest absolute Gasteiger partial charge is 0.223 e. The number of hydrogen-bond acceptors (Lipinski definition) is 4. The summed E-state index contributed by atoms with van der Waals surface area (Å²) in [4.78, 5) is 11.6. The average molecular weight is 248 g/mol. The van der Waals surface area contributed by atoms with Gasteiger partial charge in [0.15, 0.2) is 0 Å². The summed E-state index contributed by atoms with van der Waals surface area (Å²) < 4.78 is 21.7. The van der Waals surface area contributed by atoms with Gasteiger partial charge in [-0.2, -0.15) is 0 Å². The molecular weight excluding hydrogens is 228 g/mol. The molecule has 0 bridgehead atoms. The van der Waals surface area contributed by atoms with E-state index in [0.29, 0.717) is 13.0 Å². The van der Waals surface area contributed by atoms with E-state index in [9.17, 15) is 13.2 Å². The normalized spacial score (nSPS) is 18.3. The number of piperidine rings is 1. The van der Waals surface area contributed by atoms with Crippen LogP contribution in [-0.4, -0.2) is 46.0 Å². The zero-order valence-corrected chi connectivity index (χ0v) is 10.5. The lowest BCUT2D eigenvalue weighted by molar-refractivity contribution is -0.125. The molecular formula is C10H20N2O3S. The summed E-state index contributed by atoms with van der Waals surface area (Å²) in [6.45, 7) is 2.23. The zero-order chi connectivity index (χ0) is 12.0. The highest BCUT2D eigenvalue weighted by Crippen LogP contribution is 2.11. The van der Waals surface area contributed by atoms with Crippen LogP contribution in [0.5, 0.6) is 0 Å². The average Bonchev–Trinajstić information content (AvgIpc) is 2.24. The third-order valence-electron chi connectivity index (χ3n) is 2.70. The Balaban J connectivity index is 2.14. The molecule has 1 rings (SSSR count). The van der Waals surface area contributed by atoms with Crippen molar-refractivity contribution in [2.45, 2.75) is 19.3 Å². The fourth-order valence-corrected chi connectivity index (χ4v) is 2.44. The number of carbonyl (C=O) groups excluding carboxylic acids is 1. The number of rotatable bonds is 5. The van der Waals surface area contributed by atoms with Gasteiger partial charge in [-0.1, -0.05) is 0 Å². The molecule has 1 aliphatic heterocycles. The Bertz CT molecular complexity index is 321. The Morgan fingerprint density at radius 1 is 1.38 bits per heavy atom. The second kappa shape index (κ2) is 6.20. The maximum atomic E-state index is 11.6. The lowest BCUT2D eigenvalue weighted by Crippen LogP contribution is -2.38. The Labute approximate surface area is 96.9 Å². The van der Waals surface area contributed by atoms with Crippen LogP contribution in [0.1, 0.15) is 19.3 Å². The molecule has 1 heterocycles. The lowest BCUT2D eigenvalue weighted by Gasteiger charge is -2.21. The Kier molecular flexibility index (Phi) is 5.21. The summed E-state index contributed by atoms with van der Waals surface area (Å²) in [6, 6.07) is 0. The third-order valence-corrected chi connectivity index (χ3v) is 3.73. The quantitative estimate of drug-likeness (QED) is 0.645. The van der Waals surface area contributed by atoms with Gasteiger partial charge in [0.1, 0.15) is 9.84 Å². The second-order valence-corrected chi connectivity index (χ2v) is 6.56. The largest absolute Gasteiger partial charge is 0.356 e. The first-order chi connectivity index (χ1) is 7.49. The molecule has 0 spiro atoms. The number of nitrogens with one attached hydrogen (secondary N) is 2. The van der Waals surface area contributed by atoms with Crippen molar-refractivity contribution in [2.75, 3.05) is 31.6 Å². The van der Waals surface area contributed by atoms with Gasteiger partial charge in [0.2, 0.25) is 5.91 Å². The van der Waals surface area contributed by atoms with E-state index in [0.717, 1.165) is 25.9 Å². The molecule has 0 saturated carbocycles. The topological polar surface area (TPSA) is 75.3 Å². The maximum Gasteiger partial charge on any atom is 0.223 e. The minimum atomic E-state index is -2.91. The monoisotopic (exact) mass is 248 g/mol. The van der Waals surface area contributed by atoms with Crippen molar-refractivity contribution in [1.82, 2.24) is 10.6 Å². The van der Waals surface area contributed by atoms with Crippen LogP contribution in [-0.2, 0) is 14.6 Å². The van der Waals surface area contributed by atoms with Crippen LogP contribution in [0, 0.1) is 5.92 Å². The zero-order valence-electron chi connectivity index (χ0n) is 9.66.